The van der Waals surface area contributed by atoms with Crippen molar-refractivity contribution < 1.29 is 13.7 Å². The van der Waals surface area contributed by atoms with Gasteiger partial charge in [-0.15, -0.1) is 0 Å². The van der Waals surface area contributed by atoms with Crippen LogP contribution in [-0.2, 0) is 10.3 Å². The van der Waals surface area contributed by atoms with Gasteiger partial charge in [-0.1, -0.05) is 24.9 Å². The van der Waals surface area contributed by atoms with Crippen molar-refractivity contribution >= 4 is 12.0 Å². The Labute approximate surface area is 146 Å². The largest absolute Gasteiger partial charge is 0.461 e. The Kier molecular flexibility index (Phi) is 3.98. The number of hydrogen-bond acceptors (Lipinski definition) is 5. The van der Waals surface area contributed by atoms with E-state index in [0.29, 0.717) is 29.3 Å². The van der Waals surface area contributed by atoms with E-state index < -0.39 is 5.54 Å². The molecule has 132 valence electrons. The lowest BCUT2D eigenvalue weighted by Crippen LogP contribution is -2.44. The number of aryl methyl sites for hydroxylation is 1. The first-order valence-corrected chi connectivity index (χ1v) is 8.96. The van der Waals surface area contributed by atoms with Gasteiger partial charge in [0, 0.05) is 18.9 Å². The quantitative estimate of drug-likeness (QED) is 0.839. The highest BCUT2D eigenvalue weighted by atomic mass is 16.5. The zero-order valence-corrected chi connectivity index (χ0v) is 14.6. The molecular weight excluding hydrogens is 318 g/mol. The van der Waals surface area contributed by atoms with Gasteiger partial charge in [-0.3, -0.25) is 4.79 Å². The molecule has 6 heteroatoms. The van der Waals surface area contributed by atoms with Gasteiger partial charge in [0.25, 0.3) is 0 Å². The Morgan fingerprint density at radius 2 is 2.12 bits per heavy atom. The highest BCUT2D eigenvalue weighted by molar-refractivity contribution is 5.92. The molecule has 0 saturated heterocycles. The first-order valence-electron chi connectivity index (χ1n) is 8.96. The van der Waals surface area contributed by atoms with Crippen molar-refractivity contribution in [1.29, 1.82) is 0 Å². The maximum Gasteiger partial charge on any atom is 0.244 e. The van der Waals surface area contributed by atoms with Crippen LogP contribution in [0.5, 0.6) is 0 Å². The molecule has 0 spiro atoms. The van der Waals surface area contributed by atoms with Gasteiger partial charge in [-0.25, -0.2) is 0 Å². The fourth-order valence-electron chi connectivity index (χ4n) is 3.69. The molecule has 2 atom stereocenters. The zero-order chi connectivity index (χ0) is 17.4. The van der Waals surface area contributed by atoms with E-state index in [0.717, 1.165) is 31.4 Å². The van der Waals surface area contributed by atoms with Crippen LogP contribution in [0.4, 0.5) is 0 Å². The smallest absolute Gasteiger partial charge is 0.244 e. The van der Waals surface area contributed by atoms with Crippen LogP contribution in [0, 0.1) is 12.8 Å². The molecule has 0 aliphatic heterocycles. The summed E-state index contributed by atoms with van der Waals surface area (Å²) in [6, 6.07) is 3.92. The Morgan fingerprint density at radius 3 is 2.76 bits per heavy atom. The summed E-state index contributed by atoms with van der Waals surface area (Å²) in [5, 5.41) is 7.12. The van der Waals surface area contributed by atoms with Gasteiger partial charge in [-0.05, 0) is 43.4 Å². The molecule has 0 radical (unpaired) electrons. The van der Waals surface area contributed by atoms with Crippen molar-refractivity contribution in [3.05, 3.63) is 41.4 Å². The molecule has 2 aromatic rings. The van der Waals surface area contributed by atoms with Gasteiger partial charge in [0.05, 0.1) is 0 Å². The fraction of sp³-hybridized carbons (Fsp3) is 0.526. The highest BCUT2D eigenvalue weighted by Crippen LogP contribution is 2.47. The molecule has 2 aromatic heterocycles. The van der Waals surface area contributed by atoms with Gasteiger partial charge in [-0.2, -0.15) is 4.98 Å². The number of hydrogen-bond donors (Lipinski definition) is 1. The molecule has 2 saturated carbocycles. The second-order valence-corrected chi connectivity index (χ2v) is 7.31. The summed E-state index contributed by atoms with van der Waals surface area (Å²) in [5.74, 6) is 3.89. The van der Waals surface area contributed by atoms with Gasteiger partial charge in [0.1, 0.15) is 17.1 Å². The van der Waals surface area contributed by atoms with Crippen LogP contribution < -0.4 is 5.32 Å². The van der Waals surface area contributed by atoms with Crippen LogP contribution in [-0.4, -0.2) is 16.0 Å². The molecule has 2 aliphatic rings. The van der Waals surface area contributed by atoms with E-state index in [2.05, 4.69) is 22.4 Å². The van der Waals surface area contributed by atoms with Crippen molar-refractivity contribution in [2.24, 2.45) is 5.92 Å². The zero-order valence-electron chi connectivity index (χ0n) is 14.6. The minimum Gasteiger partial charge on any atom is -0.461 e. The number of rotatable bonds is 5. The molecule has 1 amide bonds. The fourth-order valence-corrected chi connectivity index (χ4v) is 3.69. The summed E-state index contributed by atoms with van der Waals surface area (Å²) in [6.07, 6.45) is 8.16. The van der Waals surface area contributed by atoms with Crippen molar-refractivity contribution in [2.75, 3.05) is 0 Å². The molecule has 4 rings (SSSR count). The number of carbonyl (C=O) groups is 1. The van der Waals surface area contributed by atoms with E-state index in [1.54, 1.807) is 13.0 Å². The minimum absolute atomic E-state index is 0.165. The topological polar surface area (TPSA) is 81.2 Å². The normalized spacial score (nSPS) is 24.7. The van der Waals surface area contributed by atoms with E-state index >= 15 is 0 Å². The van der Waals surface area contributed by atoms with Crippen molar-refractivity contribution in [3.63, 3.8) is 0 Å². The summed E-state index contributed by atoms with van der Waals surface area (Å²) < 4.78 is 10.9. The van der Waals surface area contributed by atoms with Crippen molar-refractivity contribution in [1.82, 2.24) is 15.5 Å². The molecule has 25 heavy (non-hydrogen) atoms. The Balaban J connectivity index is 1.44. The van der Waals surface area contributed by atoms with Crippen LogP contribution in [0.25, 0.3) is 6.08 Å². The van der Waals surface area contributed by atoms with E-state index in [-0.39, 0.29) is 5.91 Å². The molecule has 6 nitrogen and oxygen atoms in total. The molecule has 2 unspecified atom stereocenters. The standard InChI is InChI=1S/C19H23N3O3/c1-12-11-15(12)16-7-5-14(24-16)6-8-17(23)21-19(9-3-4-10-19)18-20-13(2)25-22-18/h5-8,12,15H,3-4,9-11H2,1-2H3,(H,21,23)/b8-6+. The maximum absolute atomic E-state index is 12.4. The van der Waals surface area contributed by atoms with E-state index in [1.807, 2.05) is 12.1 Å². The van der Waals surface area contributed by atoms with Crippen LogP contribution in [0.3, 0.4) is 0 Å². The first-order chi connectivity index (χ1) is 12.1. The van der Waals surface area contributed by atoms with Gasteiger partial charge in [0.2, 0.25) is 11.8 Å². The van der Waals surface area contributed by atoms with Crippen LogP contribution in [0.1, 0.15) is 68.2 Å². The number of nitrogens with one attached hydrogen (secondary N) is 1. The van der Waals surface area contributed by atoms with E-state index in [4.69, 9.17) is 8.94 Å². The predicted octanol–water partition coefficient (Wildman–Crippen LogP) is 3.69. The monoisotopic (exact) mass is 341 g/mol. The number of aromatic nitrogens is 2. The lowest BCUT2D eigenvalue weighted by molar-refractivity contribution is -0.118. The predicted molar refractivity (Wildman–Crippen MR) is 91.6 cm³/mol. The molecule has 0 bridgehead atoms. The number of nitrogens with zero attached hydrogens (tertiary/aromatic N) is 2. The number of furan rings is 1. The third kappa shape index (κ3) is 3.25. The van der Waals surface area contributed by atoms with Crippen LogP contribution in [0.2, 0.25) is 0 Å². The van der Waals surface area contributed by atoms with E-state index in [1.165, 1.54) is 12.5 Å². The van der Waals surface area contributed by atoms with Crippen LogP contribution >= 0.6 is 0 Å². The Hall–Kier alpha value is -2.37. The van der Waals surface area contributed by atoms with Crippen LogP contribution in [0.15, 0.2) is 27.1 Å². The third-order valence-electron chi connectivity index (χ3n) is 5.30. The summed E-state index contributed by atoms with van der Waals surface area (Å²) >= 11 is 0. The van der Waals surface area contributed by atoms with Crippen molar-refractivity contribution in [2.45, 2.75) is 57.4 Å². The van der Waals surface area contributed by atoms with Crippen molar-refractivity contribution in [3.8, 4) is 0 Å². The average Bonchev–Trinajstić information content (AvgIpc) is 3.04. The second-order valence-electron chi connectivity index (χ2n) is 7.31. The molecule has 2 heterocycles. The lowest BCUT2D eigenvalue weighted by atomic mass is 9.96. The number of amides is 1. The average molecular weight is 341 g/mol. The SMILES string of the molecule is Cc1nc(C2(NC(=O)/C=C/c3ccc(C4CC4C)o3)CCCC2)no1. The van der Waals surface area contributed by atoms with Gasteiger partial charge < -0.3 is 14.3 Å². The summed E-state index contributed by atoms with van der Waals surface area (Å²) in [4.78, 5) is 16.8. The van der Waals surface area contributed by atoms with E-state index in [9.17, 15) is 4.79 Å². The molecule has 1 N–H and O–H groups in total. The molecular formula is C19H23N3O3. The molecule has 2 fully saturated rings. The van der Waals surface area contributed by atoms with Gasteiger partial charge >= 0.3 is 0 Å². The highest BCUT2D eigenvalue weighted by Gasteiger charge is 2.41. The summed E-state index contributed by atoms with van der Waals surface area (Å²) in [6.45, 7) is 3.98. The lowest BCUT2D eigenvalue weighted by Gasteiger charge is -2.25. The number of carbonyl (C=O) groups excluding carboxylic acids is 1. The third-order valence-corrected chi connectivity index (χ3v) is 5.30. The summed E-state index contributed by atoms with van der Waals surface area (Å²) in [7, 11) is 0. The summed E-state index contributed by atoms with van der Waals surface area (Å²) in [5.41, 5.74) is -0.517. The Bertz CT molecular complexity index is 798. The van der Waals surface area contributed by atoms with Gasteiger partial charge in [0.15, 0.2) is 5.82 Å². The minimum atomic E-state index is -0.517. The maximum atomic E-state index is 12.4. The second kappa shape index (κ2) is 6.17. The molecule has 2 aliphatic carbocycles. The first kappa shape index (κ1) is 16.1. The molecule has 0 aromatic carbocycles. The Morgan fingerprint density at radius 1 is 1.36 bits per heavy atom.